The molecule has 2 heterocycles. The van der Waals surface area contributed by atoms with Crippen molar-refractivity contribution in [3.05, 3.63) is 65.6 Å². The van der Waals surface area contributed by atoms with E-state index in [1.165, 1.54) is 24.3 Å². The molecule has 0 aliphatic heterocycles. The summed E-state index contributed by atoms with van der Waals surface area (Å²) < 4.78 is 20.0. The number of halogens is 1. The van der Waals surface area contributed by atoms with Crippen molar-refractivity contribution in [2.24, 2.45) is 0 Å². The SMILES string of the molecule is OC(c1ccc(F)cc1)c1nccn1Cc1nc(C2CC2)no1. The Hall–Kier alpha value is -2.54. The maximum absolute atomic E-state index is 13.0. The van der Waals surface area contributed by atoms with E-state index < -0.39 is 6.10 Å². The largest absolute Gasteiger partial charge is 0.380 e. The van der Waals surface area contributed by atoms with Gasteiger partial charge in [-0.25, -0.2) is 9.37 Å². The van der Waals surface area contributed by atoms with E-state index in [1.54, 1.807) is 17.0 Å². The molecule has 1 unspecified atom stereocenters. The first kappa shape index (κ1) is 14.1. The Morgan fingerprint density at radius 1 is 1.30 bits per heavy atom. The monoisotopic (exact) mass is 314 g/mol. The van der Waals surface area contributed by atoms with Crippen LogP contribution in [0.25, 0.3) is 0 Å². The number of benzene rings is 1. The van der Waals surface area contributed by atoms with E-state index in [2.05, 4.69) is 15.1 Å². The van der Waals surface area contributed by atoms with E-state index in [9.17, 15) is 9.50 Å². The van der Waals surface area contributed by atoms with Crippen molar-refractivity contribution in [1.29, 1.82) is 0 Å². The summed E-state index contributed by atoms with van der Waals surface area (Å²) >= 11 is 0. The molecule has 1 fully saturated rings. The predicted octanol–water partition coefficient (Wildman–Crippen LogP) is 2.41. The van der Waals surface area contributed by atoms with Gasteiger partial charge in [-0.05, 0) is 30.5 Å². The van der Waals surface area contributed by atoms with Crippen LogP contribution in [0, 0.1) is 5.82 Å². The molecule has 1 atom stereocenters. The summed E-state index contributed by atoms with van der Waals surface area (Å²) in [6.07, 6.45) is 4.61. The summed E-state index contributed by atoms with van der Waals surface area (Å²) in [6.45, 7) is 0.341. The minimum absolute atomic E-state index is 0.341. The van der Waals surface area contributed by atoms with Gasteiger partial charge in [-0.15, -0.1) is 0 Å². The van der Waals surface area contributed by atoms with E-state index in [1.807, 2.05) is 0 Å². The van der Waals surface area contributed by atoms with Crippen LogP contribution in [0.1, 0.15) is 48.0 Å². The van der Waals surface area contributed by atoms with Gasteiger partial charge in [0.2, 0.25) is 5.89 Å². The third-order valence-electron chi connectivity index (χ3n) is 3.91. The van der Waals surface area contributed by atoms with Crippen LogP contribution in [0.4, 0.5) is 4.39 Å². The molecule has 1 aromatic carbocycles. The molecule has 118 valence electrons. The van der Waals surface area contributed by atoms with Gasteiger partial charge in [0.05, 0.1) is 0 Å². The Morgan fingerprint density at radius 3 is 2.83 bits per heavy atom. The van der Waals surface area contributed by atoms with Crippen LogP contribution in [0.2, 0.25) is 0 Å². The van der Waals surface area contributed by atoms with Crippen molar-refractivity contribution < 1.29 is 14.0 Å². The molecule has 2 aromatic heterocycles. The number of aliphatic hydroxyl groups is 1. The second-order valence-corrected chi connectivity index (χ2v) is 5.69. The first-order chi connectivity index (χ1) is 11.2. The van der Waals surface area contributed by atoms with Gasteiger partial charge in [-0.3, -0.25) is 0 Å². The molecule has 1 N–H and O–H groups in total. The van der Waals surface area contributed by atoms with E-state index in [0.717, 1.165) is 18.7 Å². The number of rotatable bonds is 5. The highest BCUT2D eigenvalue weighted by molar-refractivity contribution is 5.24. The number of hydrogen-bond donors (Lipinski definition) is 1. The molecule has 7 heteroatoms. The summed E-state index contributed by atoms with van der Waals surface area (Å²) in [4.78, 5) is 8.57. The Bertz CT molecular complexity index is 808. The van der Waals surface area contributed by atoms with Crippen molar-refractivity contribution in [3.8, 4) is 0 Å². The Balaban J connectivity index is 1.55. The van der Waals surface area contributed by atoms with Crippen LogP contribution >= 0.6 is 0 Å². The molecular weight excluding hydrogens is 299 g/mol. The lowest BCUT2D eigenvalue weighted by atomic mass is 10.1. The molecule has 4 rings (SSSR count). The van der Waals surface area contributed by atoms with Crippen molar-refractivity contribution in [2.45, 2.75) is 31.4 Å². The molecule has 0 saturated heterocycles. The topological polar surface area (TPSA) is 77.0 Å². The van der Waals surface area contributed by atoms with Crippen molar-refractivity contribution >= 4 is 0 Å². The lowest BCUT2D eigenvalue weighted by Gasteiger charge is -2.12. The van der Waals surface area contributed by atoms with Gasteiger partial charge in [-0.1, -0.05) is 17.3 Å². The van der Waals surface area contributed by atoms with Crippen LogP contribution < -0.4 is 0 Å². The van der Waals surface area contributed by atoms with Gasteiger partial charge >= 0.3 is 0 Å². The second kappa shape index (κ2) is 5.58. The Morgan fingerprint density at radius 2 is 2.09 bits per heavy atom. The molecule has 0 spiro atoms. The van der Waals surface area contributed by atoms with Gasteiger partial charge in [0.1, 0.15) is 24.3 Å². The number of imidazole rings is 1. The van der Waals surface area contributed by atoms with Crippen LogP contribution in [0.5, 0.6) is 0 Å². The summed E-state index contributed by atoms with van der Waals surface area (Å²) in [5.41, 5.74) is 0.572. The average molecular weight is 314 g/mol. The standard InChI is InChI=1S/C16H15FN4O2/c17-12-5-3-10(4-6-12)14(22)16-18-7-8-21(16)9-13-19-15(20-23-13)11-1-2-11/h3-8,11,14,22H,1-2,9H2. The molecular formula is C16H15FN4O2. The molecule has 0 radical (unpaired) electrons. The Labute approximate surface area is 131 Å². The molecule has 1 aliphatic carbocycles. The van der Waals surface area contributed by atoms with Gasteiger partial charge in [0.25, 0.3) is 0 Å². The summed E-state index contributed by atoms with van der Waals surface area (Å²) in [7, 11) is 0. The minimum atomic E-state index is -0.948. The third-order valence-corrected chi connectivity index (χ3v) is 3.91. The average Bonchev–Trinajstić information content (AvgIpc) is 3.13. The van der Waals surface area contributed by atoms with Crippen molar-refractivity contribution in [3.63, 3.8) is 0 Å². The highest BCUT2D eigenvalue weighted by Crippen LogP contribution is 2.38. The second-order valence-electron chi connectivity index (χ2n) is 5.69. The highest BCUT2D eigenvalue weighted by atomic mass is 19.1. The van der Waals surface area contributed by atoms with Crippen LogP contribution in [0.15, 0.2) is 41.2 Å². The number of nitrogens with zero attached hydrogens (tertiary/aromatic N) is 4. The minimum Gasteiger partial charge on any atom is -0.380 e. The maximum atomic E-state index is 13.0. The van der Waals surface area contributed by atoms with Gasteiger partial charge in [0.15, 0.2) is 5.82 Å². The number of hydrogen-bond acceptors (Lipinski definition) is 5. The summed E-state index contributed by atoms with van der Waals surface area (Å²) in [6, 6.07) is 5.70. The van der Waals surface area contributed by atoms with E-state index in [0.29, 0.717) is 29.7 Å². The zero-order chi connectivity index (χ0) is 15.8. The van der Waals surface area contributed by atoms with Gasteiger partial charge in [0, 0.05) is 18.3 Å². The number of aromatic nitrogens is 4. The highest BCUT2D eigenvalue weighted by Gasteiger charge is 2.29. The first-order valence-corrected chi connectivity index (χ1v) is 7.48. The fourth-order valence-electron chi connectivity index (χ4n) is 2.48. The Kier molecular flexibility index (Phi) is 3.42. The normalized spacial score (nSPS) is 15.7. The zero-order valence-corrected chi connectivity index (χ0v) is 12.3. The summed E-state index contributed by atoms with van der Waals surface area (Å²) in [5, 5.41) is 14.4. The van der Waals surface area contributed by atoms with Crippen LogP contribution in [0.3, 0.4) is 0 Å². The van der Waals surface area contributed by atoms with Crippen LogP contribution in [-0.2, 0) is 6.54 Å². The predicted molar refractivity (Wildman–Crippen MR) is 78.1 cm³/mol. The molecule has 3 aromatic rings. The van der Waals surface area contributed by atoms with Crippen molar-refractivity contribution in [2.75, 3.05) is 0 Å². The lowest BCUT2D eigenvalue weighted by Crippen LogP contribution is -2.11. The smallest absolute Gasteiger partial charge is 0.246 e. The summed E-state index contributed by atoms with van der Waals surface area (Å²) in [5.74, 6) is 1.77. The molecule has 1 aliphatic rings. The quantitative estimate of drug-likeness (QED) is 0.782. The van der Waals surface area contributed by atoms with Gasteiger partial charge in [-0.2, -0.15) is 4.98 Å². The lowest BCUT2D eigenvalue weighted by molar-refractivity contribution is 0.204. The molecule has 23 heavy (non-hydrogen) atoms. The van der Waals surface area contributed by atoms with Crippen LogP contribution in [-0.4, -0.2) is 24.8 Å². The first-order valence-electron chi connectivity index (χ1n) is 7.48. The van der Waals surface area contributed by atoms with E-state index >= 15 is 0 Å². The van der Waals surface area contributed by atoms with E-state index in [-0.39, 0.29) is 5.82 Å². The molecule has 1 saturated carbocycles. The number of aliphatic hydroxyl groups excluding tert-OH is 1. The molecule has 0 amide bonds. The molecule has 0 bridgehead atoms. The van der Waals surface area contributed by atoms with E-state index in [4.69, 9.17) is 4.52 Å². The third kappa shape index (κ3) is 2.87. The molecule has 6 nitrogen and oxygen atoms in total. The van der Waals surface area contributed by atoms with Gasteiger partial charge < -0.3 is 14.2 Å². The fourth-order valence-corrected chi connectivity index (χ4v) is 2.48. The van der Waals surface area contributed by atoms with Crippen molar-refractivity contribution in [1.82, 2.24) is 19.7 Å². The maximum Gasteiger partial charge on any atom is 0.246 e. The zero-order valence-electron chi connectivity index (χ0n) is 12.3. The fraction of sp³-hybridized carbons (Fsp3) is 0.312.